The van der Waals surface area contributed by atoms with Gasteiger partial charge in [0, 0.05) is 27.0 Å². The summed E-state index contributed by atoms with van der Waals surface area (Å²) >= 11 is 9.13. The number of benzene rings is 3. The molecule has 2 N–H and O–H groups in total. The molecule has 3 rings (SSSR count). The summed E-state index contributed by atoms with van der Waals surface area (Å²) in [6.45, 7) is 1.93. The lowest BCUT2D eigenvalue weighted by Gasteiger charge is -2.09. The molecule has 2 amide bonds. The zero-order chi connectivity index (χ0) is 20.3. The normalized spacial score (nSPS) is 10.4. The van der Waals surface area contributed by atoms with Gasteiger partial charge in [-0.25, -0.2) is 4.39 Å². The van der Waals surface area contributed by atoms with Crippen LogP contribution in [-0.4, -0.2) is 11.8 Å². The molecule has 0 aliphatic rings. The number of carbonyl (C=O) groups is 2. The Hall–Kier alpha value is -2.70. The largest absolute Gasteiger partial charge is 0.322 e. The van der Waals surface area contributed by atoms with E-state index in [1.54, 1.807) is 36.4 Å². The van der Waals surface area contributed by atoms with Gasteiger partial charge in [0.05, 0.1) is 5.02 Å². The van der Waals surface area contributed by atoms with E-state index in [2.05, 4.69) is 26.6 Å². The number of nitrogens with one attached hydrogen (secondary N) is 2. The molecule has 0 atom stereocenters. The third kappa shape index (κ3) is 4.77. The molecule has 28 heavy (non-hydrogen) atoms. The van der Waals surface area contributed by atoms with Crippen molar-refractivity contribution in [2.45, 2.75) is 6.92 Å². The molecule has 3 aromatic rings. The van der Waals surface area contributed by atoms with Crippen molar-refractivity contribution < 1.29 is 14.0 Å². The second-order valence-corrected chi connectivity index (χ2v) is 7.34. The fraction of sp³-hybridized carbons (Fsp3) is 0.0476. The van der Waals surface area contributed by atoms with Gasteiger partial charge in [-0.3, -0.25) is 9.59 Å². The Labute approximate surface area is 174 Å². The number of carbonyl (C=O) groups excluding carboxylic acids is 2. The Morgan fingerprint density at radius 1 is 0.893 bits per heavy atom. The summed E-state index contributed by atoms with van der Waals surface area (Å²) in [5.74, 6) is -1.26. The first-order valence-corrected chi connectivity index (χ1v) is 9.44. The van der Waals surface area contributed by atoms with Gasteiger partial charge in [-0.2, -0.15) is 0 Å². The molecule has 142 valence electrons. The van der Waals surface area contributed by atoms with Crippen molar-refractivity contribution in [1.29, 1.82) is 0 Å². The van der Waals surface area contributed by atoms with Crippen LogP contribution in [-0.2, 0) is 0 Å². The molecule has 0 spiro atoms. The number of anilines is 2. The van der Waals surface area contributed by atoms with E-state index in [9.17, 15) is 14.0 Å². The van der Waals surface area contributed by atoms with E-state index < -0.39 is 11.7 Å². The maximum Gasteiger partial charge on any atom is 0.255 e. The van der Waals surface area contributed by atoms with Crippen LogP contribution in [0.25, 0.3) is 0 Å². The van der Waals surface area contributed by atoms with Gasteiger partial charge in [0.1, 0.15) is 5.82 Å². The first kappa shape index (κ1) is 20.0. The molecule has 0 bridgehead atoms. The average molecular weight is 462 g/mol. The van der Waals surface area contributed by atoms with Crippen LogP contribution in [0.15, 0.2) is 65.1 Å². The molecule has 0 aliphatic heterocycles. The first-order valence-electron chi connectivity index (χ1n) is 8.27. The highest BCUT2D eigenvalue weighted by Crippen LogP contribution is 2.21. The lowest BCUT2D eigenvalue weighted by atomic mass is 10.1. The van der Waals surface area contributed by atoms with Crippen LogP contribution in [0.1, 0.15) is 26.3 Å². The van der Waals surface area contributed by atoms with Crippen molar-refractivity contribution in [3.05, 3.63) is 92.7 Å². The smallest absolute Gasteiger partial charge is 0.255 e. The summed E-state index contributed by atoms with van der Waals surface area (Å²) in [4.78, 5) is 24.9. The van der Waals surface area contributed by atoms with Crippen molar-refractivity contribution in [1.82, 2.24) is 0 Å². The van der Waals surface area contributed by atoms with Gasteiger partial charge in [0.2, 0.25) is 0 Å². The van der Waals surface area contributed by atoms with E-state index in [1.165, 1.54) is 18.2 Å². The third-order valence-corrected chi connectivity index (χ3v) is 5.14. The van der Waals surface area contributed by atoms with Gasteiger partial charge in [0.25, 0.3) is 11.8 Å². The van der Waals surface area contributed by atoms with E-state index >= 15 is 0 Å². The van der Waals surface area contributed by atoms with E-state index in [-0.39, 0.29) is 10.9 Å². The topological polar surface area (TPSA) is 58.2 Å². The summed E-state index contributed by atoms with van der Waals surface area (Å²) in [7, 11) is 0. The number of halogens is 3. The first-order chi connectivity index (χ1) is 13.3. The van der Waals surface area contributed by atoms with Gasteiger partial charge in [-0.05, 0) is 61.0 Å². The number of hydrogen-bond donors (Lipinski definition) is 2. The molecule has 0 saturated heterocycles. The molecule has 0 aliphatic carbocycles. The number of rotatable bonds is 4. The minimum atomic E-state index is -0.563. The predicted molar refractivity (Wildman–Crippen MR) is 113 cm³/mol. The monoisotopic (exact) mass is 460 g/mol. The standard InChI is InChI=1S/C21H15BrClFN2O2/c1-12-5-6-14(10-17(12)22)21(28)25-15-4-2-3-13(9-15)20(27)26-16-7-8-19(24)18(23)11-16/h2-11H,1H3,(H,25,28)(H,26,27). The van der Waals surface area contributed by atoms with Gasteiger partial charge < -0.3 is 10.6 Å². The Balaban J connectivity index is 1.74. The van der Waals surface area contributed by atoms with Crippen LogP contribution in [0.4, 0.5) is 15.8 Å². The second kappa shape index (κ2) is 8.54. The predicted octanol–water partition coefficient (Wildman–Crippen LogP) is 6.05. The number of amides is 2. The lowest BCUT2D eigenvalue weighted by Crippen LogP contribution is -2.14. The van der Waals surface area contributed by atoms with Crippen molar-refractivity contribution in [3.63, 3.8) is 0 Å². The van der Waals surface area contributed by atoms with Crippen molar-refractivity contribution >= 4 is 50.7 Å². The molecule has 0 heterocycles. The van der Waals surface area contributed by atoms with E-state index in [0.29, 0.717) is 22.5 Å². The molecule has 0 aromatic heterocycles. The Kier molecular flexibility index (Phi) is 6.11. The van der Waals surface area contributed by atoms with E-state index in [1.807, 2.05) is 13.0 Å². The van der Waals surface area contributed by atoms with Crippen molar-refractivity contribution in [2.24, 2.45) is 0 Å². The Morgan fingerprint density at radius 2 is 1.54 bits per heavy atom. The van der Waals surface area contributed by atoms with Crippen LogP contribution >= 0.6 is 27.5 Å². The minimum absolute atomic E-state index is 0.0805. The maximum atomic E-state index is 13.2. The van der Waals surface area contributed by atoms with Crippen molar-refractivity contribution in [3.8, 4) is 0 Å². The lowest BCUT2D eigenvalue weighted by molar-refractivity contribution is 0.101. The molecule has 3 aromatic carbocycles. The quantitative estimate of drug-likeness (QED) is 0.496. The zero-order valence-corrected chi connectivity index (χ0v) is 17.1. The fourth-order valence-corrected chi connectivity index (χ4v) is 3.01. The highest BCUT2D eigenvalue weighted by atomic mass is 79.9. The Bertz CT molecular complexity index is 1070. The van der Waals surface area contributed by atoms with Crippen LogP contribution < -0.4 is 10.6 Å². The van der Waals surface area contributed by atoms with Crippen molar-refractivity contribution in [2.75, 3.05) is 10.6 Å². The van der Waals surface area contributed by atoms with Crippen LogP contribution in [0, 0.1) is 12.7 Å². The molecule has 0 unspecified atom stereocenters. The molecular formula is C21H15BrClFN2O2. The fourth-order valence-electron chi connectivity index (χ4n) is 2.45. The van der Waals surface area contributed by atoms with Crippen LogP contribution in [0.3, 0.4) is 0 Å². The van der Waals surface area contributed by atoms with Crippen LogP contribution in [0.5, 0.6) is 0 Å². The highest BCUT2D eigenvalue weighted by Gasteiger charge is 2.11. The average Bonchev–Trinajstić information content (AvgIpc) is 2.67. The summed E-state index contributed by atoms with van der Waals surface area (Å²) in [6.07, 6.45) is 0. The molecule has 7 heteroatoms. The van der Waals surface area contributed by atoms with Gasteiger partial charge in [0.15, 0.2) is 0 Å². The summed E-state index contributed by atoms with van der Waals surface area (Å²) in [6, 6.07) is 15.7. The van der Waals surface area contributed by atoms with Crippen LogP contribution in [0.2, 0.25) is 5.02 Å². The maximum absolute atomic E-state index is 13.2. The number of aryl methyl sites for hydroxylation is 1. The molecule has 0 radical (unpaired) electrons. The molecule has 4 nitrogen and oxygen atoms in total. The molecular weight excluding hydrogens is 447 g/mol. The molecule has 0 fully saturated rings. The third-order valence-electron chi connectivity index (χ3n) is 3.99. The Morgan fingerprint density at radius 3 is 2.18 bits per heavy atom. The summed E-state index contributed by atoms with van der Waals surface area (Å²) in [5, 5.41) is 5.33. The summed E-state index contributed by atoms with van der Waals surface area (Å²) in [5.41, 5.74) is 2.70. The van der Waals surface area contributed by atoms with Gasteiger partial charge in [-0.15, -0.1) is 0 Å². The number of hydrogen-bond acceptors (Lipinski definition) is 2. The SMILES string of the molecule is Cc1ccc(C(=O)Nc2cccc(C(=O)Nc3ccc(F)c(Cl)c3)c2)cc1Br. The van der Waals surface area contributed by atoms with E-state index in [4.69, 9.17) is 11.6 Å². The van der Waals surface area contributed by atoms with Gasteiger partial charge >= 0.3 is 0 Å². The molecule has 0 saturated carbocycles. The zero-order valence-electron chi connectivity index (χ0n) is 14.7. The highest BCUT2D eigenvalue weighted by molar-refractivity contribution is 9.10. The van der Waals surface area contributed by atoms with Gasteiger partial charge in [-0.1, -0.05) is 39.7 Å². The van der Waals surface area contributed by atoms with E-state index in [0.717, 1.165) is 10.0 Å². The summed E-state index contributed by atoms with van der Waals surface area (Å²) < 4.78 is 14.1. The second-order valence-electron chi connectivity index (χ2n) is 6.08. The minimum Gasteiger partial charge on any atom is -0.322 e.